The highest BCUT2D eigenvalue weighted by Gasteiger charge is 2.29. The summed E-state index contributed by atoms with van der Waals surface area (Å²) in [7, 11) is 2.63. The van der Waals surface area contributed by atoms with Crippen LogP contribution in [0.25, 0.3) is 0 Å². The van der Waals surface area contributed by atoms with E-state index in [-0.39, 0.29) is 6.02 Å². The lowest BCUT2D eigenvalue weighted by molar-refractivity contribution is -0.164. The van der Waals surface area contributed by atoms with E-state index in [2.05, 4.69) is 21.1 Å². The van der Waals surface area contributed by atoms with Crippen LogP contribution in [0.4, 0.5) is 13.2 Å². The molecule has 0 fully saturated rings. The van der Waals surface area contributed by atoms with Gasteiger partial charge in [-0.3, -0.25) is 4.84 Å². The first kappa shape index (κ1) is 12.8. The number of hydrogen-bond acceptors (Lipinski definition) is 3. The van der Waals surface area contributed by atoms with Crippen molar-refractivity contribution < 1.29 is 22.7 Å². The smallest absolute Gasteiger partial charge is 0.422 e. The van der Waals surface area contributed by atoms with Crippen LogP contribution in [-0.2, 0) is 9.57 Å². The van der Waals surface area contributed by atoms with Gasteiger partial charge in [0, 0.05) is 13.2 Å². The van der Waals surface area contributed by atoms with Gasteiger partial charge in [0.25, 0.3) is 0 Å². The van der Waals surface area contributed by atoms with E-state index in [9.17, 15) is 13.2 Å². The Kier molecular flexibility index (Phi) is 5.00. The zero-order valence-electron chi connectivity index (χ0n) is 7.84. The summed E-state index contributed by atoms with van der Waals surface area (Å²) in [6.45, 7) is 1.81. The van der Waals surface area contributed by atoms with Crippen LogP contribution < -0.4 is 0 Å². The molecule has 82 valence electrons. The van der Waals surface area contributed by atoms with Crippen LogP contribution in [0, 0.1) is 0 Å². The molecule has 0 aliphatic heterocycles. The number of hydroxylamine groups is 2. The lowest BCUT2D eigenvalue weighted by Crippen LogP contribution is -2.31. The molecule has 7 heteroatoms. The Morgan fingerprint density at radius 2 is 2.14 bits per heavy atom. The van der Waals surface area contributed by atoms with Crippen molar-refractivity contribution in [2.45, 2.75) is 6.18 Å². The molecule has 0 saturated heterocycles. The molecule has 0 rings (SSSR count). The second kappa shape index (κ2) is 5.48. The predicted octanol–water partition coefficient (Wildman–Crippen LogP) is 1.56. The number of rotatable bonds is 3. The van der Waals surface area contributed by atoms with Crippen LogP contribution in [0.3, 0.4) is 0 Å². The Morgan fingerprint density at radius 3 is 2.50 bits per heavy atom. The number of nitrogens with zero attached hydrogens (tertiary/aromatic N) is 2. The molecule has 14 heavy (non-hydrogen) atoms. The highest BCUT2D eigenvalue weighted by molar-refractivity contribution is 5.73. The molecule has 0 bridgehead atoms. The Morgan fingerprint density at radius 1 is 1.57 bits per heavy atom. The Bertz CT molecular complexity index is 215. The third-order valence-corrected chi connectivity index (χ3v) is 1.11. The van der Waals surface area contributed by atoms with Crippen LogP contribution in [0.15, 0.2) is 17.8 Å². The van der Waals surface area contributed by atoms with Gasteiger partial charge in [0.05, 0.1) is 7.11 Å². The van der Waals surface area contributed by atoms with Crippen molar-refractivity contribution in [3.05, 3.63) is 12.8 Å². The number of alkyl halides is 3. The summed E-state index contributed by atoms with van der Waals surface area (Å²) in [5.74, 6) is 0. The first-order valence-corrected chi connectivity index (χ1v) is 3.56. The lowest BCUT2D eigenvalue weighted by Gasteiger charge is -2.18. The minimum absolute atomic E-state index is 0.306. The number of amidine groups is 1. The fourth-order valence-corrected chi connectivity index (χ4v) is 0.512. The standard InChI is InChI=1S/C7H11F3N2O2/c1-4-11-6(12(2)13-3)14-5-7(8,9)10/h4H,1,5H2,2-3H3/b11-6+. The zero-order valence-corrected chi connectivity index (χ0v) is 7.84. The highest BCUT2D eigenvalue weighted by Crippen LogP contribution is 2.14. The molecule has 0 radical (unpaired) electrons. The van der Waals surface area contributed by atoms with Crippen molar-refractivity contribution in [2.75, 3.05) is 20.8 Å². The molecule has 0 aliphatic carbocycles. The molecule has 4 nitrogen and oxygen atoms in total. The molecule has 0 N–H and O–H groups in total. The molecule has 0 saturated carbocycles. The van der Waals surface area contributed by atoms with Crippen LogP contribution in [0.1, 0.15) is 0 Å². The van der Waals surface area contributed by atoms with Crippen LogP contribution in [0.2, 0.25) is 0 Å². The van der Waals surface area contributed by atoms with E-state index in [1.165, 1.54) is 14.2 Å². The molecule has 0 atom stereocenters. The first-order chi connectivity index (χ1) is 6.40. The summed E-state index contributed by atoms with van der Waals surface area (Å²) in [6.07, 6.45) is -3.35. The van der Waals surface area contributed by atoms with Crippen molar-refractivity contribution >= 4 is 6.02 Å². The van der Waals surface area contributed by atoms with Gasteiger partial charge in [-0.2, -0.15) is 13.2 Å². The average Bonchev–Trinajstić information content (AvgIpc) is 2.09. The second-order valence-electron chi connectivity index (χ2n) is 2.18. The average molecular weight is 212 g/mol. The Labute approximate surface area is 79.6 Å². The number of aliphatic imine (C=N–C) groups is 1. The van der Waals surface area contributed by atoms with Gasteiger partial charge >= 0.3 is 12.2 Å². The Balaban J connectivity index is 4.26. The summed E-state index contributed by atoms with van der Waals surface area (Å²) < 4.78 is 39.6. The number of ether oxygens (including phenoxy) is 1. The minimum Gasteiger partial charge on any atom is -0.454 e. The van der Waals surface area contributed by atoms with Gasteiger partial charge in [-0.1, -0.05) is 6.58 Å². The molecular formula is C7H11F3N2O2. The van der Waals surface area contributed by atoms with Crippen molar-refractivity contribution in [3.8, 4) is 0 Å². The summed E-state index contributed by atoms with van der Waals surface area (Å²) in [5, 5.41) is 0.952. The van der Waals surface area contributed by atoms with Gasteiger partial charge in [0.1, 0.15) is 0 Å². The highest BCUT2D eigenvalue weighted by atomic mass is 19.4. The van der Waals surface area contributed by atoms with E-state index in [1.54, 1.807) is 0 Å². The minimum atomic E-state index is -4.41. The van der Waals surface area contributed by atoms with Gasteiger partial charge in [-0.05, 0) is 0 Å². The number of halogens is 3. The van der Waals surface area contributed by atoms with Crippen LogP contribution in [0.5, 0.6) is 0 Å². The van der Waals surface area contributed by atoms with E-state index >= 15 is 0 Å². The van der Waals surface area contributed by atoms with Crippen molar-refractivity contribution in [1.82, 2.24) is 5.06 Å². The maximum absolute atomic E-state index is 11.8. The van der Waals surface area contributed by atoms with Gasteiger partial charge in [0.2, 0.25) is 0 Å². The van der Waals surface area contributed by atoms with E-state index < -0.39 is 12.8 Å². The molecular weight excluding hydrogens is 201 g/mol. The van der Waals surface area contributed by atoms with Crippen molar-refractivity contribution in [3.63, 3.8) is 0 Å². The molecule has 0 aromatic heterocycles. The van der Waals surface area contributed by atoms with Crippen molar-refractivity contribution in [1.29, 1.82) is 0 Å². The molecule has 0 unspecified atom stereocenters. The van der Waals surface area contributed by atoms with Crippen LogP contribution in [-0.4, -0.2) is 38.0 Å². The fraction of sp³-hybridized carbons (Fsp3) is 0.571. The van der Waals surface area contributed by atoms with Gasteiger partial charge in [-0.15, -0.1) is 0 Å². The van der Waals surface area contributed by atoms with E-state index in [4.69, 9.17) is 0 Å². The van der Waals surface area contributed by atoms with Gasteiger partial charge in [0.15, 0.2) is 6.61 Å². The summed E-state index contributed by atoms with van der Waals surface area (Å²) >= 11 is 0. The van der Waals surface area contributed by atoms with Crippen LogP contribution >= 0.6 is 0 Å². The molecule has 0 heterocycles. The molecule has 0 aliphatic rings. The topological polar surface area (TPSA) is 34.1 Å². The monoisotopic (exact) mass is 212 g/mol. The first-order valence-electron chi connectivity index (χ1n) is 3.56. The lowest BCUT2D eigenvalue weighted by atomic mass is 10.7. The summed E-state index contributed by atoms with van der Waals surface area (Å²) in [6, 6.07) is -0.306. The largest absolute Gasteiger partial charge is 0.454 e. The molecule has 0 aromatic rings. The fourth-order valence-electron chi connectivity index (χ4n) is 0.512. The van der Waals surface area contributed by atoms with Gasteiger partial charge in [-0.25, -0.2) is 10.1 Å². The normalized spacial score (nSPS) is 12.5. The summed E-state index contributed by atoms with van der Waals surface area (Å²) in [4.78, 5) is 8.05. The van der Waals surface area contributed by atoms with E-state index in [0.717, 1.165) is 11.3 Å². The van der Waals surface area contributed by atoms with E-state index in [1.807, 2.05) is 0 Å². The second-order valence-corrected chi connectivity index (χ2v) is 2.18. The van der Waals surface area contributed by atoms with Gasteiger partial charge < -0.3 is 4.74 Å². The quantitative estimate of drug-likeness (QED) is 0.404. The third kappa shape index (κ3) is 5.41. The van der Waals surface area contributed by atoms with E-state index in [0.29, 0.717) is 0 Å². The van der Waals surface area contributed by atoms with Crippen molar-refractivity contribution in [2.24, 2.45) is 4.99 Å². The SMILES string of the molecule is C=C/N=C(/OCC(F)(F)F)N(C)OC. The zero-order chi connectivity index (χ0) is 11.2. The summed E-state index contributed by atoms with van der Waals surface area (Å²) in [5.41, 5.74) is 0. The maximum atomic E-state index is 11.8. The maximum Gasteiger partial charge on any atom is 0.422 e. The molecule has 0 spiro atoms. The molecule has 0 amide bonds. The molecule has 0 aromatic carbocycles. The third-order valence-electron chi connectivity index (χ3n) is 1.11. The number of hydrogen-bond donors (Lipinski definition) is 0. The predicted molar refractivity (Wildman–Crippen MR) is 44.4 cm³/mol. The Hall–Kier alpha value is -1.24.